The van der Waals surface area contributed by atoms with Crippen molar-refractivity contribution in [2.45, 2.75) is 0 Å². The Morgan fingerprint density at radius 1 is 1.60 bits per heavy atom. The first kappa shape index (κ1) is 7.49. The van der Waals surface area contributed by atoms with Crippen molar-refractivity contribution in [2.75, 3.05) is 13.8 Å². The van der Waals surface area contributed by atoms with Crippen molar-refractivity contribution >= 4 is 13.9 Å². The second kappa shape index (κ2) is 3.52. The molecule has 0 spiro atoms. The molecule has 0 aromatic carbocycles. The predicted molar refractivity (Wildman–Crippen MR) is 44.7 cm³/mol. The van der Waals surface area contributed by atoms with Crippen LogP contribution >= 0.6 is 8.58 Å². The first-order valence-corrected chi connectivity index (χ1v) is 4.54. The van der Waals surface area contributed by atoms with Gasteiger partial charge in [-0.05, 0) is 18.0 Å². The summed E-state index contributed by atoms with van der Waals surface area (Å²) in [6.07, 6.45) is 1.77. The Labute approximate surface area is 62.4 Å². The topological polar surface area (TPSA) is 22.1 Å². The maximum atomic E-state index is 4.95. The largest absolute Gasteiger partial charge is 0.481 e. The van der Waals surface area contributed by atoms with Crippen molar-refractivity contribution < 1.29 is 4.74 Å². The van der Waals surface area contributed by atoms with Crippen molar-refractivity contribution in [3.63, 3.8) is 0 Å². The van der Waals surface area contributed by atoms with E-state index in [2.05, 4.69) is 11.6 Å². The minimum atomic E-state index is 0.701. The summed E-state index contributed by atoms with van der Waals surface area (Å²) in [5.41, 5.74) is 0. The molecule has 0 bridgehead atoms. The molecule has 0 aliphatic heterocycles. The van der Waals surface area contributed by atoms with E-state index < -0.39 is 0 Å². The average Bonchev–Trinajstić information content (AvgIpc) is 2.05. The summed E-state index contributed by atoms with van der Waals surface area (Å²) < 4.78 is 4.95. The summed E-state index contributed by atoms with van der Waals surface area (Å²) in [6.45, 7) is 2.13. The van der Waals surface area contributed by atoms with Crippen molar-refractivity contribution in [1.82, 2.24) is 4.98 Å². The van der Waals surface area contributed by atoms with Gasteiger partial charge in [-0.2, -0.15) is 0 Å². The average molecular weight is 155 g/mol. The lowest BCUT2D eigenvalue weighted by Crippen LogP contribution is -1.96. The summed E-state index contributed by atoms with van der Waals surface area (Å²) in [6, 6.07) is 3.96. The van der Waals surface area contributed by atoms with Crippen LogP contribution in [0.15, 0.2) is 18.3 Å². The van der Waals surface area contributed by atoms with Crippen LogP contribution in [0, 0.1) is 0 Å². The Bertz CT molecular complexity index is 195. The van der Waals surface area contributed by atoms with Crippen molar-refractivity contribution in [2.24, 2.45) is 0 Å². The highest BCUT2D eigenvalue weighted by Gasteiger charge is 1.91. The Balaban J connectivity index is 2.87. The van der Waals surface area contributed by atoms with Crippen LogP contribution in [0.25, 0.3) is 0 Å². The van der Waals surface area contributed by atoms with Crippen LogP contribution in [-0.2, 0) is 0 Å². The van der Waals surface area contributed by atoms with Crippen molar-refractivity contribution in [3.05, 3.63) is 18.3 Å². The number of aromatic nitrogens is 1. The molecule has 1 unspecified atom stereocenters. The fraction of sp³-hybridized carbons (Fsp3) is 0.286. The van der Waals surface area contributed by atoms with Crippen LogP contribution in [-0.4, -0.2) is 18.8 Å². The first-order valence-electron chi connectivity index (χ1n) is 3.04. The Hall–Kier alpha value is -0.620. The normalized spacial score (nSPS) is 10.6. The standard InChI is InChI=1S/C7H10NOP/c1-9-7-5-6(10-2)3-4-8-7/h3-5,10H,1-2H3. The summed E-state index contributed by atoms with van der Waals surface area (Å²) >= 11 is 0. The van der Waals surface area contributed by atoms with Gasteiger partial charge < -0.3 is 4.74 Å². The van der Waals surface area contributed by atoms with Gasteiger partial charge in [0.1, 0.15) is 0 Å². The molecule has 0 radical (unpaired) electrons. The van der Waals surface area contributed by atoms with Crippen LogP contribution in [0.1, 0.15) is 0 Å². The van der Waals surface area contributed by atoms with E-state index in [0.717, 1.165) is 8.58 Å². The Morgan fingerprint density at radius 3 is 3.00 bits per heavy atom. The number of methoxy groups -OCH3 is 1. The molecule has 0 saturated carbocycles. The van der Waals surface area contributed by atoms with Gasteiger partial charge in [-0.15, -0.1) is 0 Å². The molecular formula is C7H10NOP. The van der Waals surface area contributed by atoms with Gasteiger partial charge in [0, 0.05) is 12.3 Å². The lowest BCUT2D eigenvalue weighted by Gasteiger charge is -1.98. The van der Waals surface area contributed by atoms with Gasteiger partial charge in [-0.1, -0.05) is 8.58 Å². The highest BCUT2D eigenvalue weighted by atomic mass is 31.1. The molecule has 3 heteroatoms. The molecule has 0 aliphatic rings. The molecule has 54 valence electrons. The maximum Gasteiger partial charge on any atom is 0.213 e. The lowest BCUT2D eigenvalue weighted by atomic mass is 10.5. The second-order valence-electron chi connectivity index (χ2n) is 1.84. The second-order valence-corrected chi connectivity index (χ2v) is 2.91. The summed E-state index contributed by atoms with van der Waals surface area (Å²) in [5, 5.41) is 1.28. The molecule has 0 fully saturated rings. The van der Waals surface area contributed by atoms with Gasteiger partial charge in [0.05, 0.1) is 7.11 Å². The van der Waals surface area contributed by atoms with Crippen LogP contribution in [0.2, 0.25) is 0 Å². The molecule has 1 rings (SSSR count). The van der Waals surface area contributed by atoms with Gasteiger partial charge in [-0.3, -0.25) is 0 Å². The van der Waals surface area contributed by atoms with Gasteiger partial charge in [-0.25, -0.2) is 4.98 Å². The van der Waals surface area contributed by atoms with E-state index in [0.29, 0.717) is 5.88 Å². The molecule has 0 amide bonds. The van der Waals surface area contributed by atoms with Crippen molar-refractivity contribution in [3.8, 4) is 5.88 Å². The van der Waals surface area contributed by atoms with E-state index in [9.17, 15) is 0 Å². The Morgan fingerprint density at radius 2 is 2.40 bits per heavy atom. The molecule has 0 N–H and O–H groups in total. The number of hydrogen-bond donors (Lipinski definition) is 0. The van der Waals surface area contributed by atoms with Crippen LogP contribution in [0.3, 0.4) is 0 Å². The van der Waals surface area contributed by atoms with E-state index in [1.165, 1.54) is 5.30 Å². The molecule has 0 saturated heterocycles. The predicted octanol–water partition coefficient (Wildman–Crippen LogP) is 1.02. The monoisotopic (exact) mass is 155 g/mol. The third kappa shape index (κ3) is 1.68. The quantitative estimate of drug-likeness (QED) is 0.595. The van der Waals surface area contributed by atoms with Crippen LogP contribution < -0.4 is 10.0 Å². The molecular weight excluding hydrogens is 145 g/mol. The zero-order valence-electron chi connectivity index (χ0n) is 6.09. The molecule has 1 heterocycles. The third-order valence-electron chi connectivity index (χ3n) is 1.23. The van der Waals surface area contributed by atoms with E-state index in [-0.39, 0.29) is 0 Å². The van der Waals surface area contributed by atoms with E-state index in [1.54, 1.807) is 13.3 Å². The lowest BCUT2D eigenvalue weighted by molar-refractivity contribution is 0.398. The molecule has 0 aliphatic carbocycles. The van der Waals surface area contributed by atoms with Gasteiger partial charge in [0.2, 0.25) is 5.88 Å². The van der Waals surface area contributed by atoms with Gasteiger partial charge >= 0.3 is 0 Å². The highest BCUT2D eigenvalue weighted by molar-refractivity contribution is 7.46. The van der Waals surface area contributed by atoms with Crippen LogP contribution in [0.4, 0.5) is 0 Å². The summed E-state index contributed by atoms with van der Waals surface area (Å²) in [5.74, 6) is 0.701. The van der Waals surface area contributed by atoms with E-state index in [1.807, 2.05) is 12.1 Å². The van der Waals surface area contributed by atoms with Crippen LogP contribution in [0.5, 0.6) is 5.88 Å². The number of pyridine rings is 1. The third-order valence-corrected chi connectivity index (χ3v) is 2.12. The number of nitrogens with zero attached hydrogens (tertiary/aromatic N) is 1. The zero-order chi connectivity index (χ0) is 7.40. The number of hydrogen-bond acceptors (Lipinski definition) is 2. The fourth-order valence-corrected chi connectivity index (χ4v) is 1.19. The zero-order valence-corrected chi connectivity index (χ0v) is 7.09. The molecule has 10 heavy (non-hydrogen) atoms. The minimum Gasteiger partial charge on any atom is -0.481 e. The maximum absolute atomic E-state index is 4.95. The summed E-state index contributed by atoms with van der Waals surface area (Å²) in [4.78, 5) is 3.99. The van der Waals surface area contributed by atoms with E-state index >= 15 is 0 Å². The minimum absolute atomic E-state index is 0.701. The molecule has 1 aromatic rings. The van der Waals surface area contributed by atoms with Crippen molar-refractivity contribution in [1.29, 1.82) is 0 Å². The van der Waals surface area contributed by atoms with Gasteiger partial charge in [0.25, 0.3) is 0 Å². The SMILES string of the molecule is COc1cc(PC)ccn1. The van der Waals surface area contributed by atoms with E-state index in [4.69, 9.17) is 4.74 Å². The first-order chi connectivity index (χ1) is 4.86. The fourth-order valence-electron chi connectivity index (χ4n) is 0.677. The smallest absolute Gasteiger partial charge is 0.213 e. The van der Waals surface area contributed by atoms with Gasteiger partial charge in [0.15, 0.2) is 0 Å². The molecule has 1 atom stereocenters. The Kier molecular flexibility index (Phi) is 2.64. The molecule has 1 aromatic heterocycles. The number of ether oxygens (including phenoxy) is 1. The highest BCUT2D eigenvalue weighted by Crippen LogP contribution is 2.07. The molecule has 2 nitrogen and oxygen atoms in total. The number of rotatable bonds is 2. The summed E-state index contributed by atoms with van der Waals surface area (Å²) in [7, 11) is 2.44.